The van der Waals surface area contributed by atoms with E-state index in [1.807, 2.05) is 0 Å². The largest absolute Gasteiger partial charge is 0.394 e. The van der Waals surface area contributed by atoms with Crippen molar-refractivity contribution >= 4 is 5.91 Å². The van der Waals surface area contributed by atoms with Crippen LogP contribution in [0.4, 0.5) is 0 Å². The van der Waals surface area contributed by atoms with Crippen molar-refractivity contribution in [2.24, 2.45) is 0 Å². The molecular formula is C15H27NO10. The average Bonchev–Trinajstić information content (AvgIpc) is 2.61. The van der Waals surface area contributed by atoms with Gasteiger partial charge in [0.1, 0.15) is 42.6 Å². The molecule has 10 atom stereocenters. The van der Waals surface area contributed by atoms with Crippen LogP contribution in [0.1, 0.15) is 18.0 Å². The number of ether oxygens (including phenoxy) is 4. The lowest BCUT2D eigenvalue weighted by atomic mass is 9.95. The summed E-state index contributed by atoms with van der Waals surface area (Å²) in [5, 5.41) is 52.9. The van der Waals surface area contributed by atoms with Gasteiger partial charge in [-0.3, -0.25) is 4.79 Å². The van der Waals surface area contributed by atoms with Gasteiger partial charge in [-0.1, -0.05) is 0 Å². The third-order valence-corrected chi connectivity index (χ3v) is 4.16. The predicted molar refractivity (Wildman–Crippen MR) is 83.6 cm³/mol. The molecular weight excluding hydrogens is 354 g/mol. The molecule has 2 aliphatic heterocycles. The van der Waals surface area contributed by atoms with Crippen molar-refractivity contribution in [3.63, 3.8) is 0 Å². The van der Waals surface area contributed by atoms with E-state index in [2.05, 4.69) is 5.32 Å². The molecule has 0 aromatic heterocycles. The first kappa shape index (κ1) is 17.2. The summed E-state index contributed by atoms with van der Waals surface area (Å²) in [5.74, 6) is -0.569. The first-order valence-electron chi connectivity index (χ1n) is 9.44. The van der Waals surface area contributed by atoms with Crippen molar-refractivity contribution in [3.05, 3.63) is 0 Å². The number of aliphatic hydroxyl groups is 5. The molecule has 0 aliphatic carbocycles. The van der Waals surface area contributed by atoms with Crippen molar-refractivity contribution in [1.82, 2.24) is 5.32 Å². The second-order valence-corrected chi connectivity index (χ2v) is 6.01. The van der Waals surface area contributed by atoms with Gasteiger partial charge in [0, 0.05) is 14.0 Å². The van der Waals surface area contributed by atoms with Gasteiger partial charge < -0.3 is 49.8 Å². The maximum absolute atomic E-state index is 11.6. The molecule has 0 bridgehead atoms. The zero-order valence-electron chi connectivity index (χ0n) is 17.5. The van der Waals surface area contributed by atoms with Crippen LogP contribution in [0.3, 0.4) is 0 Å². The van der Waals surface area contributed by atoms with Crippen molar-refractivity contribution in [2.75, 3.05) is 13.7 Å². The number of rotatable bonds is 5. The summed E-state index contributed by atoms with van der Waals surface area (Å²) >= 11 is 0. The van der Waals surface area contributed by atoms with E-state index in [9.17, 15) is 30.3 Å². The summed E-state index contributed by atoms with van der Waals surface area (Å²) in [5.41, 5.74) is 0. The number of hydrogen-bond acceptors (Lipinski definition) is 10. The number of aliphatic hydroxyl groups excluding tert-OH is 2. The fourth-order valence-corrected chi connectivity index (χ4v) is 2.81. The van der Waals surface area contributed by atoms with Crippen LogP contribution in [0.15, 0.2) is 0 Å². The lowest BCUT2D eigenvalue weighted by Crippen LogP contribution is -2.67. The average molecular weight is 384 g/mol. The van der Waals surface area contributed by atoms with Gasteiger partial charge in [-0.25, -0.2) is 0 Å². The Morgan fingerprint density at radius 2 is 1.81 bits per heavy atom. The van der Waals surface area contributed by atoms with Crippen LogP contribution >= 0.6 is 0 Å². The van der Waals surface area contributed by atoms with Gasteiger partial charge in [-0.2, -0.15) is 0 Å². The van der Waals surface area contributed by atoms with Gasteiger partial charge in [0.15, 0.2) is 12.6 Å². The van der Waals surface area contributed by atoms with Crippen molar-refractivity contribution in [3.8, 4) is 0 Å². The van der Waals surface area contributed by atoms with Crippen LogP contribution in [-0.4, -0.2) is 106 Å². The highest BCUT2D eigenvalue weighted by molar-refractivity contribution is 5.73. The number of methoxy groups -OCH3 is 1. The van der Waals surface area contributed by atoms with E-state index < -0.39 is 73.8 Å². The predicted octanol–water partition coefficient (Wildman–Crippen LogP) is -3.57. The second kappa shape index (κ2) is 8.87. The molecule has 0 radical (unpaired) electrons. The van der Waals surface area contributed by atoms with Crippen molar-refractivity contribution in [2.45, 2.75) is 75.1 Å². The SMILES string of the molecule is [2H][C@]1(O)[C@]([2H])(O)[C@H](O[C@H]2[C@H](O)[C@@H](CO)O[C@@H](OC)[C@@H]2NC(C)=O)O[C@@H](C)[C@@]1([2H])O. The third-order valence-electron chi connectivity index (χ3n) is 4.16. The van der Waals surface area contributed by atoms with Gasteiger partial charge >= 0.3 is 0 Å². The third kappa shape index (κ3) is 4.32. The van der Waals surface area contributed by atoms with E-state index in [-0.39, 0.29) is 0 Å². The molecule has 2 saturated heterocycles. The van der Waals surface area contributed by atoms with Gasteiger partial charge in [-0.05, 0) is 6.92 Å². The maximum atomic E-state index is 11.6. The van der Waals surface area contributed by atoms with E-state index in [4.69, 9.17) is 23.1 Å². The van der Waals surface area contributed by atoms with Crippen molar-refractivity contribution < 1.29 is 53.4 Å². The smallest absolute Gasteiger partial charge is 0.217 e. The van der Waals surface area contributed by atoms with E-state index >= 15 is 0 Å². The Balaban J connectivity index is 2.39. The highest BCUT2D eigenvalue weighted by Gasteiger charge is 2.50. The fourth-order valence-electron chi connectivity index (χ4n) is 2.81. The van der Waals surface area contributed by atoms with E-state index in [1.54, 1.807) is 0 Å². The minimum absolute atomic E-state index is 0.569. The normalized spacial score (nSPS) is 56.9. The monoisotopic (exact) mass is 384 g/mol. The maximum Gasteiger partial charge on any atom is 0.217 e. The Morgan fingerprint density at radius 1 is 1.15 bits per heavy atom. The van der Waals surface area contributed by atoms with E-state index in [0.29, 0.717) is 0 Å². The standard InChI is InChI=1S/C15H27NO10/c1-5-9(19)11(21)12(22)15(24-5)26-13-8(16-6(2)18)14(23-3)25-7(4-17)10(13)20/h5,7-15,17,19-22H,4H2,1-3H3,(H,16,18)/t5-,7+,8+,9+,10+,11+,12-,13+,14+,15-/m0/s1/i9D,11D,12D. The van der Waals surface area contributed by atoms with Crippen LogP contribution in [0.2, 0.25) is 0 Å². The van der Waals surface area contributed by atoms with Crippen molar-refractivity contribution in [1.29, 1.82) is 0 Å². The lowest BCUT2D eigenvalue weighted by Gasteiger charge is -2.47. The molecule has 152 valence electrons. The lowest BCUT2D eigenvalue weighted by molar-refractivity contribution is -0.339. The van der Waals surface area contributed by atoms with Gasteiger partial charge in [0.05, 0.1) is 16.8 Å². The van der Waals surface area contributed by atoms with E-state index in [0.717, 1.165) is 13.8 Å². The Bertz CT molecular complexity index is 607. The molecule has 11 nitrogen and oxygen atoms in total. The van der Waals surface area contributed by atoms with Crippen LogP contribution in [0, 0.1) is 0 Å². The Morgan fingerprint density at radius 3 is 2.35 bits per heavy atom. The minimum atomic E-state index is -3.47. The number of carbonyl (C=O) groups is 1. The summed E-state index contributed by atoms with van der Waals surface area (Å²) in [4.78, 5) is 11.6. The molecule has 0 saturated carbocycles. The molecule has 0 aromatic rings. The quantitative estimate of drug-likeness (QED) is 0.279. The van der Waals surface area contributed by atoms with Crippen LogP contribution < -0.4 is 5.32 Å². The molecule has 1 amide bonds. The highest BCUT2D eigenvalue weighted by Crippen LogP contribution is 2.29. The highest BCUT2D eigenvalue weighted by atomic mass is 16.7. The summed E-state index contributed by atoms with van der Waals surface area (Å²) in [6.07, 6.45) is -19.3. The topological polar surface area (TPSA) is 167 Å². The molecule has 0 aromatic carbocycles. The molecule has 11 heteroatoms. The zero-order valence-corrected chi connectivity index (χ0v) is 14.5. The first-order valence-corrected chi connectivity index (χ1v) is 7.94. The summed E-state index contributed by atoms with van der Waals surface area (Å²) in [6.45, 7) is 1.60. The second-order valence-electron chi connectivity index (χ2n) is 6.01. The number of hydrogen-bond donors (Lipinski definition) is 6. The number of nitrogens with one attached hydrogen (secondary N) is 1. The Labute approximate surface area is 154 Å². The van der Waals surface area contributed by atoms with Crippen LogP contribution in [0.25, 0.3) is 0 Å². The molecule has 0 spiro atoms. The van der Waals surface area contributed by atoms with Crippen LogP contribution in [0.5, 0.6) is 0 Å². The summed E-state index contributed by atoms with van der Waals surface area (Å²) in [6, 6.07) is -1.21. The molecule has 2 fully saturated rings. The molecule has 0 unspecified atom stereocenters. The summed E-state index contributed by atoms with van der Waals surface area (Å²) < 4.78 is 44.4. The molecule has 2 heterocycles. The number of carbonyl (C=O) groups excluding carboxylic acids is 1. The van der Waals surface area contributed by atoms with Crippen LogP contribution in [-0.2, 0) is 23.7 Å². The Hall–Kier alpha value is -0.890. The fraction of sp³-hybridized carbons (Fsp3) is 0.933. The first-order chi connectivity index (χ1) is 13.2. The molecule has 2 rings (SSSR count). The zero-order chi connectivity index (χ0) is 22.4. The molecule has 6 N–H and O–H groups in total. The number of amides is 1. The minimum Gasteiger partial charge on any atom is -0.394 e. The van der Waals surface area contributed by atoms with E-state index in [1.165, 1.54) is 7.11 Å². The summed E-state index contributed by atoms with van der Waals surface area (Å²) in [7, 11) is 1.23. The van der Waals surface area contributed by atoms with Gasteiger partial charge in [0.2, 0.25) is 5.91 Å². The van der Waals surface area contributed by atoms with Gasteiger partial charge in [0.25, 0.3) is 0 Å². The molecule has 26 heavy (non-hydrogen) atoms. The van der Waals surface area contributed by atoms with Gasteiger partial charge in [-0.15, -0.1) is 0 Å². The molecule has 2 aliphatic rings. The Kier molecular flexibility index (Phi) is 5.87.